The van der Waals surface area contributed by atoms with Gasteiger partial charge >= 0.3 is 0 Å². The van der Waals surface area contributed by atoms with Gasteiger partial charge in [-0.3, -0.25) is 0 Å². The van der Waals surface area contributed by atoms with E-state index in [1.165, 1.54) is 0 Å². The maximum atomic E-state index is 6.06. The highest BCUT2D eigenvalue weighted by molar-refractivity contribution is 6.31. The number of ether oxygens (including phenoxy) is 1. The zero-order chi connectivity index (χ0) is 14.5. The molecule has 2 rings (SSSR count). The van der Waals surface area contributed by atoms with Crippen LogP contribution in [-0.4, -0.2) is 7.11 Å². The summed E-state index contributed by atoms with van der Waals surface area (Å²) in [7, 11) is 1.65. The summed E-state index contributed by atoms with van der Waals surface area (Å²) in [4.78, 5) is 0. The molecule has 4 heteroatoms. The Hall–Kier alpha value is -1.38. The highest BCUT2D eigenvalue weighted by Gasteiger charge is 2.12. The van der Waals surface area contributed by atoms with Crippen molar-refractivity contribution in [3.8, 4) is 5.75 Å². The standard InChI is InChI=1S/C16H17Cl2NO/c1-3-14(11-5-4-6-12(17)9-11)19-15-10-13(18)7-8-16(15)20-2/h4-10,14,19H,3H2,1-2H3. The van der Waals surface area contributed by atoms with E-state index in [1.807, 2.05) is 36.4 Å². The van der Waals surface area contributed by atoms with Crippen molar-refractivity contribution < 1.29 is 4.74 Å². The Bertz CT molecular complexity index is 586. The van der Waals surface area contributed by atoms with Crippen LogP contribution in [0, 0.1) is 0 Å². The molecule has 2 aromatic rings. The fourth-order valence-corrected chi connectivity index (χ4v) is 2.50. The second-order valence-electron chi connectivity index (χ2n) is 4.50. The molecule has 1 N–H and O–H groups in total. The Labute approximate surface area is 129 Å². The van der Waals surface area contributed by atoms with Crippen LogP contribution in [0.5, 0.6) is 5.75 Å². The van der Waals surface area contributed by atoms with Crippen LogP contribution in [0.4, 0.5) is 5.69 Å². The first kappa shape index (κ1) is 15.0. The molecule has 0 aliphatic heterocycles. The van der Waals surface area contributed by atoms with Gasteiger partial charge in [-0.2, -0.15) is 0 Å². The van der Waals surface area contributed by atoms with E-state index in [2.05, 4.69) is 18.3 Å². The summed E-state index contributed by atoms with van der Waals surface area (Å²) >= 11 is 12.1. The third kappa shape index (κ3) is 3.59. The molecule has 1 unspecified atom stereocenters. The Morgan fingerprint density at radius 2 is 1.85 bits per heavy atom. The van der Waals surface area contributed by atoms with Gasteiger partial charge < -0.3 is 10.1 Å². The summed E-state index contributed by atoms with van der Waals surface area (Å²) in [6.07, 6.45) is 0.927. The molecule has 0 spiro atoms. The Morgan fingerprint density at radius 3 is 2.50 bits per heavy atom. The van der Waals surface area contributed by atoms with Crippen molar-refractivity contribution >= 4 is 28.9 Å². The monoisotopic (exact) mass is 309 g/mol. The van der Waals surface area contributed by atoms with E-state index in [9.17, 15) is 0 Å². The Morgan fingerprint density at radius 1 is 1.10 bits per heavy atom. The van der Waals surface area contributed by atoms with E-state index in [4.69, 9.17) is 27.9 Å². The summed E-state index contributed by atoms with van der Waals surface area (Å²) in [6, 6.07) is 13.6. The molecule has 0 saturated carbocycles. The van der Waals surface area contributed by atoms with Crippen molar-refractivity contribution in [1.82, 2.24) is 0 Å². The second-order valence-corrected chi connectivity index (χ2v) is 5.38. The summed E-state index contributed by atoms with van der Waals surface area (Å²) in [5.74, 6) is 0.773. The van der Waals surface area contributed by atoms with E-state index < -0.39 is 0 Å². The maximum absolute atomic E-state index is 6.06. The highest BCUT2D eigenvalue weighted by Crippen LogP contribution is 2.32. The molecular formula is C16H17Cl2NO. The maximum Gasteiger partial charge on any atom is 0.142 e. The van der Waals surface area contributed by atoms with Gasteiger partial charge in [0.15, 0.2) is 0 Å². The van der Waals surface area contributed by atoms with Crippen LogP contribution < -0.4 is 10.1 Å². The lowest BCUT2D eigenvalue weighted by Gasteiger charge is -2.21. The molecule has 0 fully saturated rings. The zero-order valence-electron chi connectivity index (χ0n) is 11.5. The number of hydrogen-bond acceptors (Lipinski definition) is 2. The van der Waals surface area contributed by atoms with Gasteiger partial charge in [0.05, 0.1) is 18.8 Å². The van der Waals surface area contributed by atoms with Crippen LogP contribution in [0.25, 0.3) is 0 Å². The lowest BCUT2D eigenvalue weighted by molar-refractivity contribution is 0.416. The molecule has 2 nitrogen and oxygen atoms in total. The van der Waals surface area contributed by atoms with Gasteiger partial charge in [-0.1, -0.05) is 42.3 Å². The molecule has 1 atom stereocenters. The number of benzene rings is 2. The van der Waals surface area contributed by atoms with Gasteiger partial charge in [0.25, 0.3) is 0 Å². The van der Waals surface area contributed by atoms with Crippen LogP contribution in [0.3, 0.4) is 0 Å². The minimum Gasteiger partial charge on any atom is -0.495 e. The fourth-order valence-electron chi connectivity index (χ4n) is 2.13. The molecule has 20 heavy (non-hydrogen) atoms. The lowest BCUT2D eigenvalue weighted by Crippen LogP contribution is -2.10. The van der Waals surface area contributed by atoms with Crippen LogP contribution in [-0.2, 0) is 0 Å². The molecule has 0 aromatic heterocycles. The second kappa shape index (κ2) is 6.87. The van der Waals surface area contributed by atoms with Crippen molar-refractivity contribution in [3.63, 3.8) is 0 Å². The number of rotatable bonds is 5. The summed E-state index contributed by atoms with van der Waals surface area (Å²) in [5.41, 5.74) is 2.02. The number of methoxy groups -OCH3 is 1. The van der Waals surface area contributed by atoms with Crippen LogP contribution >= 0.6 is 23.2 Å². The number of anilines is 1. The molecule has 0 aliphatic carbocycles. The molecule has 0 amide bonds. The predicted molar refractivity (Wildman–Crippen MR) is 86.1 cm³/mol. The van der Waals surface area contributed by atoms with Crippen molar-refractivity contribution in [2.45, 2.75) is 19.4 Å². The minimum absolute atomic E-state index is 0.154. The largest absolute Gasteiger partial charge is 0.495 e. The molecule has 0 heterocycles. The van der Waals surface area contributed by atoms with Crippen LogP contribution in [0.15, 0.2) is 42.5 Å². The van der Waals surface area contributed by atoms with Crippen LogP contribution in [0.1, 0.15) is 24.9 Å². The topological polar surface area (TPSA) is 21.3 Å². The smallest absolute Gasteiger partial charge is 0.142 e. The first-order chi connectivity index (χ1) is 9.63. The average Bonchev–Trinajstić information content (AvgIpc) is 2.45. The minimum atomic E-state index is 0.154. The third-order valence-electron chi connectivity index (χ3n) is 3.15. The molecule has 0 bridgehead atoms. The quantitative estimate of drug-likeness (QED) is 0.780. The molecule has 0 saturated heterocycles. The predicted octanol–water partition coefficient (Wildman–Crippen LogP) is 5.57. The molecule has 2 aromatic carbocycles. The van der Waals surface area contributed by atoms with Gasteiger partial charge in [-0.05, 0) is 42.3 Å². The summed E-state index contributed by atoms with van der Waals surface area (Å²) in [5, 5.41) is 4.88. The Balaban J connectivity index is 2.28. The van der Waals surface area contributed by atoms with Gasteiger partial charge in [-0.15, -0.1) is 0 Å². The first-order valence-electron chi connectivity index (χ1n) is 6.49. The average molecular weight is 310 g/mol. The third-order valence-corrected chi connectivity index (χ3v) is 3.62. The Kier molecular flexibility index (Phi) is 5.16. The summed E-state index contributed by atoms with van der Waals surface area (Å²) in [6.45, 7) is 2.12. The summed E-state index contributed by atoms with van der Waals surface area (Å²) < 4.78 is 5.36. The number of halogens is 2. The van der Waals surface area contributed by atoms with Gasteiger partial charge in [-0.25, -0.2) is 0 Å². The molecular weight excluding hydrogens is 293 g/mol. The SMILES string of the molecule is CCC(Nc1cc(Cl)ccc1OC)c1cccc(Cl)c1. The fraction of sp³-hybridized carbons (Fsp3) is 0.250. The van der Waals surface area contributed by atoms with Crippen molar-refractivity contribution in [1.29, 1.82) is 0 Å². The van der Waals surface area contributed by atoms with Gasteiger partial charge in [0.2, 0.25) is 0 Å². The normalized spacial score (nSPS) is 12.0. The zero-order valence-corrected chi connectivity index (χ0v) is 13.0. The van der Waals surface area contributed by atoms with Crippen molar-refractivity contribution in [2.24, 2.45) is 0 Å². The van der Waals surface area contributed by atoms with Gasteiger partial charge in [0.1, 0.15) is 5.75 Å². The first-order valence-corrected chi connectivity index (χ1v) is 7.25. The number of hydrogen-bond donors (Lipinski definition) is 1. The van der Waals surface area contributed by atoms with E-state index in [0.717, 1.165) is 28.4 Å². The van der Waals surface area contributed by atoms with Crippen molar-refractivity contribution in [3.05, 3.63) is 58.1 Å². The lowest BCUT2D eigenvalue weighted by atomic mass is 10.0. The van der Waals surface area contributed by atoms with E-state index >= 15 is 0 Å². The van der Waals surface area contributed by atoms with E-state index in [1.54, 1.807) is 7.11 Å². The molecule has 0 radical (unpaired) electrons. The highest BCUT2D eigenvalue weighted by atomic mass is 35.5. The van der Waals surface area contributed by atoms with Crippen molar-refractivity contribution in [2.75, 3.05) is 12.4 Å². The van der Waals surface area contributed by atoms with Gasteiger partial charge in [0, 0.05) is 10.0 Å². The molecule has 0 aliphatic rings. The van der Waals surface area contributed by atoms with E-state index in [0.29, 0.717) is 5.02 Å². The number of nitrogens with one attached hydrogen (secondary N) is 1. The van der Waals surface area contributed by atoms with E-state index in [-0.39, 0.29) is 6.04 Å². The molecule has 106 valence electrons. The van der Waals surface area contributed by atoms with Crippen LogP contribution in [0.2, 0.25) is 10.0 Å².